The van der Waals surface area contributed by atoms with E-state index in [4.69, 9.17) is 18.7 Å². The Morgan fingerprint density at radius 3 is 1.93 bits per heavy atom. The molecule has 1 aliphatic carbocycles. The van der Waals surface area contributed by atoms with Crippen molar-refractivity contribution < 1.29 is 53.7 Å². The van der Waals surface area contributed by atoms with Gasteiger partial charge >= 0.3 is 23.9 Å². The molecule has 0 aromatic heterocycles. The van der Waals surface area contributed by atoms with Crippen molar-refractivity contribution in [3.63, 3.8) is 0 Å². The number of benzene rings is 2. The maximum atomic E-state index is 13.6. The Bertz CT molecular complexity index is 1810. The molecule has 0 aliphatic heterocycles. The van der Waals surface area contributed by atoms with Crippen molar-refractivity contribution in [2.45, 2.75) is 120 Å². The summed E-state index contributed by atoms with van der Waals surface area (Å²) in [5, 5.41) is 45.6. The fourth-order valence-electron chi connectivity index (χ4n) is 7.06. The van der Waals surface area contributed by atoms with Crippen molar-refractivity contribution >= 4 is 66.2 Å². The Labute approximate surface area is 356 Å². The van der Waals surface area contributed by atoms with Crippen LogP contribution in [0, 0.1) is 11.8 Å². The van der Waals surface area contributed by atoms with Gasteiger partial charge < -0.3 is 53.0 Å². The fourth-order valence-corrected chi connectivity index (χ4v) is 7.06. The molecule has 0 spiro atoms. The molecule has 19 heteroatoms. The molecule has 0 bridgehead atoms. The van der Waals surface area contributed by atoms with Gasteiger partial charge in [-0.25, -0.2) is 14.4 Å². The van der Waals surface area contributed by atoms with Crippen LogP contribution in [0.25, 0.3) is 10.8 Å². The predicted octanol–water partition coefficient (Wildman–Crippen LogP) is 1.74. The van der Waals surface area contributed by atoms with E-state index in [9.17, 15) is 48.6 Å². The zero-order valence-electron chi connectivity index (χ0n) is 34.5. The van der Waals surface area contributed by atoms with Crippen LogP contribution in [0.3, 0.4) is 0 Å². The highest BCUT2D eigenvalue weighted by Gasteiger charge is 2.30. The summed E-state index contributed by atoms with van der Waals surface area (Å²) in [5.74, 6) is -5.12. The third-order valence-electron chi connectivity index (χ3n) is 10.7. The predicted molar refractivity (Wildman–Crippen MR) is 226 cm³/mol. The molecule has 1 fully saturated rings. The van der Waals surface area contributed by atoms with Crippen LogP contribution in [-0.4, -0.2) is 115 Å². The lowest BCUT2D eigenvalue weighted by atomic mass is 9.81. The first kappa shape index (κ1) is 49.6. The molecule has 3 rings (SSSR count). The first-order valence-electron chi connectivity index (χ1n) is 21.0. The van der Waals surface area contributed by atoms with Crippen molar-refractivity contribution in [3.05, 3.63) is 48.0 Å². The molecular weight excluding hydrogens is 789 g/mol. The Kier molecular flexibility index (Phi) is 21.6. The molecule has 18 nitrogen and oxygen atoms in total. The quantitative estimate of drug-likeness (QED) is 0.0455. The average molecular weight is 850 g/mol. The molecule has 61 heavy (non-hydrogen) atoms. The van der Waals surface area contributed by atoms with Gasteiger partial charge in [-0.1, -0.05) is 55.2 Å². The van der Waals surface area contributed by atoms with E-state index in [1.807, 2.05) is 42.5 Å². The number of carboxylic acid groups (broad SMARTS) is 3. The van der Waals surface area contributed by atoms with Crippen LogP contribution in [-0.2, 0) is 40.0 Å². The van der Waals surface area contributed by atoms with Gasteiger partial charge in [0.1, 0.15) is 18.1 Å². The highest BCUT2D eigenvalue weighted by atomic mass is 16.4. The molecule has 332 valence electrons. The summed E-state index contributed by atoms with van der Waals surface area (Å²) >= 11 is 0. The summed E-state index contributed by atoms with van der Waals surface area (Å²) in [7, 11) is 5.39. The van der Waals surface area contributed by atoms with Gasteiger partial charge in [0.2, 0.25) is 23.6 Å². The minimum absolute atomic E-state index is 0.0381. The summed E-state index contributed by atoms with van der Waals surface area (Å²) in [6.07, 6.45) is 5.21. The number of amides is 6. The van der Waals surface area contributed by atoms with E-state index < -0.39 is 60.4 Å². The van der Waals surface area contributed by atoms with Crippen molar-refractivity contribution in [1.29, 1.82) is 0 Å². The summed E-state index contributed by atoms with van der Waals surface area (Å²) < 4.78 is 0. The molecule has 4 atom stereocenters. The van der Waals surface area contributed by atoms with Gasteiger partial charge in [-0.15, -0.1) is 0 Å². The van der Waals surface area contributed by atoms with Crippen molar-refractivity contribution in [1.82, 2.24) is 31.9 Å². The number of hydrogen-bond acceptors (Lipinski definition) is 9. The number of nitrogens with two attached hydrogens (primary N) is 1. The van der Waals surface area contributed by atoms with Crippen LogP contribution in [0.1, 0.15) is 89.0 Å². The van der Waals surface area contributed by atoms with Crippen LogP contribution in [0.4, 0.5) is 4.79 Å². The number of urea groups is 1. The summed E-state index contributed by atoms with van der Waals surface area (Å²) in [6.45, 7) is 1.14. The number of aliphatic carboxylic acids is 3. The smallest absolute Gasteiger partial charge is 0.326 e. The molecule has 2 aromatic rings. The van der Waals surface area contributed by atoms with Gasteiger partial charge in [-0.2, -0.15) is 0 Å². The lowest BCUT2D eigenvalue weighted by Crippen LogP contribution is -2.51. The number of nitrogens with one attached hydrogen (secondary N) is 6. The normalized spacial score (nSPS) is 16.8. The topological polar surface area (TPSA) is 295 Å². The van der Waals surface area contributed by atoms with Gasteiger partial charge in [0.25, 0.3) is 0 Å². The molecule has 2 aromatic carbocycles. The molecule has 2 radical (unpaired) electrons. The zero-order chi connectivity index (χ0) is 44.7. The summed E-state index contributed by atoms with van der Waals surface area (Å²) in [4.78, 5) is 97.7. The number of hydrogen-bond donors (Lipinski definition) is 10. The molecule has 0 heterocycles. The molecular formula is C42H60BN7O11. The number of fused-ring (bicyclic) bond motifs is 1. The fraction of sp³-hybridized carbons (Fsp3) is 0.571. The number of carbonyl (C=O) groups is 8. The number of carbonyl (C=O) groups excluding carboxylic acids is 5. The average Bonchev–Trinajstić information content (AvgIpc) is 3.24. The summed E-state index contributed by atoms with van der Waals surface area (Å²) in [6, 6.07) is 8.04. The van der Waals surface area contributed by atoms with Crippen LogP contribution in [0.5, 0.6) is 0 Å². The second-order valence-electron chi connectivity index (χ2n) is 15.5. The van der Waals surface area contributed by atoms with Crippen LogP contribution in [0.15, 0.2) is 42.5 Å². The van der Waals surface area contributed by atoms with E-state index in [2.05, 4.69) is 31.9 Å². The third kappa shape index (κ3) is 18.6. The largest absolute Gasteiger partial charge is 0.481 e. The first-order chi connectivity index (χ1) is 29.2. The molecule has 6 amide bonds. The van der Waals surface area contributed by atoms with E-state index in [1.165, 1.54) is 0 Å². The van der Waals surface area contributed by atoms with Gasteiger partial charge in [0, 0.05) is 44.8 Å². The maximum absolute atomic E-state index is 13.6. The Morgan fingerprint density at radius 2 is 1.30 bits per heavy atom. The Hall–Kier alpha value is -5.72. The molecule has 1 saturated carbocycles. The minimum Gasteiger partial charge on any atom is -0.481 e. The van der Waals surface area contributed by atoms with Crippen LogP contribution in [0.2, 0.25) is 6.32 Å². The molecule has 0 unspecified atom stereocenters. The van der Waals surface area contributed by atoms with Gasteiger partial charge in [0.15, 0.2) is 0 Å². The standard InChI is InChI=1S/C42H60BN7O11/c43-24-31(44)38(55)45-20-6-1-2-11-35(51)47-25-26-12-16-29(17-13-26)37(54)48-34(23-27-14-15-28-8-3-4-9-30(28)22-27)39(56)46-21-7-5-10-32(40(57)58)49-42(61)50-33(41(59)60)18-19-36(52)53/h3-4,8-9,14-15,22,26,29,31-34H,1-2,5-7,10-13,16-21,23-25,44H2,(H,45,55)(H,46,56)(H,47,51)(H,48,54)(H,52,53)(H,57,58)(H,59,60)(H2,49,50,61)/t26?,29?,31-,32-,33-,34-/m0/s1. The van der Waals surface area contributed by atoms with Crippen molar-refractivity contribution in [2.75, 3.05) is 19.6 Å². The SMILES string of the molecule is [B]C[C@H](N)C(=O)NCCCCCC(=O)NCC1CCC(C(=O)N[C@@H](Cc2ccc3ccccc3c2)C(=O)NCCCC[C@H](NC(=O)N[C@@H](CCC(=O)O)C(=O)O)C(=O)O)CC1. The highest BCUT2D eigenvalue weighted by Crippen LogP contribution is 2.29. The Morgan fingerprint density at radius 1 is 0.672 bits per heavy atom. The van der Waals surface area contributed by atoms with Gasteiger partial charge in [0.05, 0.1) is 13.9 Å². The van der Waals surface area contributed by atoms with E-state index >= 15 is 0 Å². The van der Waals surface area contributed by atoms with Crippen LogP contribution < -0.4 is 37.6 Å². The first-order valence-corrected chi connectivity index (χ1v) is 21.0. The second-order valence-corrected chi connectivity index (χ2v) is 15.5. The van der Waals surface area contributed by atoms with Crippen molar-refractivity contribution in [3.8, 4) is 0 Å². The van der Waals surface area contributed by atoms with E-state index in [0.29, 0.717) is 45.2 Å². The summed E-state index contributed by atoms with van der Waals surface area (Å²) in [5.41, 5.74) is 6.43. The number of carboxylic acids is 3. The van der Waals surface area contributed by atoms with Crippen molar-refractivity contribution in [2.24, 2.45) is 17.6 Å². The van der Waals surface area contributed by atoms with E-state index in [-0.39, 0.29) is 68.1 Å². The Balaban J connectivity index is 1.47. The van der Waals surface area contributed by atoms with Gasteiger partial charge in [-0.3, -0.25) is 24.0 Å². The monoisotopic (exact) mass is 849 g/mol. The molecule has 0 saturated heterocycles. The zero-order valence-corrected chi connectivity index (χ0v) is 34.5. The minimum atomic E-state index is -1.53. The maximum Gasteiger partial charge on any atom is 0.326 e. The molecule has 1 aliphatic rings. The second kappa shape index (κ2) is 26.5. The molecule has 11 N–H and O–H groups in total. The third-order valence-corrected chi connectivity index (χ3v) is 10.7. The van der Waals surface area contributed by atoms with Gasteiger partial charge in [-0.05, 0) is 86.5 Å². The lowest BCUT2D eigenvalue weighted by Gasteiger charge is -2.29. The number of rotatable bonds is 27. The lowest BCUT2D eigenvalue weighted by molar-refractivity contribution is -0.141. The van der Waals surface area contributed by atoms with Crippen LogP contribution >= 0.6 is 0 Å². The highest BCUT2D eigenvalue weighted by molar-refractivity contribution is 6.11. The van der Waals surface area contributed by atoms with E-state index in [0.717, 1.165) is 42.0 Å². The number of unbranched alkanes of at least 4 members (excludes halogenated alkanes) is 3. The van der Waals surface area contributed by atoms with E-state index in [1.54, 1.807) is 0 Å².